The predicted molar refractivity (Wildman–Crippen MR) is 107 cm³/mol. The lowest BCUT2D eigenvalue weighted by molar-refractivity contribution is -0.130. The van der Waals surface area contributed by atoms with E-state index in [2.05, 4.69) is 27.4 Å². The lowest BCUT2D eigenvalue weighted by Gasteiger charge is -2.40. The average Bonchev–Trinajstić information content (AvgIpc) is 3.10. The highest BCUT2D eigenvalue weighted by Gasteiger charge is 2.37. The Morgan fingerprint density at radius 1 is 1.25 bits per heavy atom. The van der Waals surface area contributed by atoms with Crippen LogP contribution in [0.2, 0.25) is 0 Å². The molecular formula is C20H24FN5OS. The van der Waals surface area contributed by atoms with Gasteiger partial charge in [0.1, 0.15) is 5.82 Å². The third kappa shape index (κ3) is 3.98. The maximum Gasteiger partial charge on any atom is 0.225 e. The van der Waals surface area contributed by atoms with Crippen LogP contribution in [0, 0.1) is 11.7 Å². The summed E-state index contributed by atoms with van der Waals surface area (Å²) < 4.78 is 15.2. The first kappa shape index (κ1) is 19.1. The molecule has 6 nitrogen and oxygen atoms in total. The van der Waals surface area contributed by atoms with Gasteiger partial charge in [-0.3, -0.25) is 14.7 Å². The van der Waals surface area contributed by atoms with Crippen molar-refractivity contribution in [1.82, 2.24) is 25.4 Å². The molecule has 1 aromatic carbocycles. The van der Waals surface area contributed by atoms with Gasteiger partial charge in [-0.15, -0.1) is 16.8 Å². The molecule has 2 heterocycles. The van der Waals surface area contributed by atoms with Crippen LogP contribution in [0.25, 0.3) is 11.4 Å². The quantitative estimate of drug-likeness (QED) is 0.575. The number of hydrogen-bond acceptors (Lipinski definition) is 5. The maximum atomic E-state index is 13.2. The van der Waals surface area contributed by atoms with Gasteiger partial charge in [0, 0.05) is 23.9 Å². The Labute approximate surface area is 168 Å². The Morgan fingerprint density at radius 2 is 2.04 bits per heavy atom. The monoisotopic (exact) mass is 401 g/mol. The molecule has 0 radical (unpaired) electrons. The molecule has 28 heavy (non-hydrogen) atoms. The first-order valence-electron chi connectivity index (χ1n) is 9.65. The number of fused-ring (bicyclic) bond motifs is 1. The highest BCUT2D eigenvalue weighted by molar-refractivity contribution is 7.99. The maximum absolute atomic E-state index is 13.2. The van der Waals surface area contributed by atoms with Crippen LogP contribution in [0.4, 0.5) is 4.39 Å². The minimum absolute atomic E-state index is 0.0833. The highest BCUT2D eigenvalue weighted by atomic mass is 32.2. The molecule has 4 rings (SSSR count). The number of carbonyl (C=O) groups is 1. The number of halogens is 1. The van der Waals surface area contributed by atoms with Gasteiger partial charge in [0.05, 0.1) is 12.1 Å². The van der Waals surface area contributed by atoms with Gasteiger partial charge in [0.25, 0.3) is 0 Å². The lowest BCUT2D eigenvalue weighted by atomic mass is 9.82. The molecule has 2 aliphatic rings. The van der Waals surface area contributed by atoms with Gasteiger partial charge in [-0.25, -0.2) is 4.39 Å². The summed E-state index contributed by atoms with van der Waals surface area (Å²) in [5, 5.41) is 16.0. The van der Waals surface area contributed by atoms with Crippen LogP contribution < -0.4 is 10.6 Å². The number of aromatic nitrogens is 3. The lowest BCUT2D eigenvalue weighted by Crippen LogP contribution is -2.62. The van der Waals surface area contributed by atoms with Crippen molar-refractivity contribution in [3.63, 3.8) is 0 Å². The molecule has 2 aromatic rings. The molecule has 1 amide bonds. The van der Waals surface area contributed by atoms with E-state index in [1.165, 1.54) is 18.6 Å². The fraction of sp³-hybridized carbons (Fsp3) is 0.450. The van der Waals surface area contributed by atoms with Gasteiger partial charge in [-0.2, -0.15) is 0 Å². The van der Waals surface area contributed by atoms with Crippen LogP contribution in [-0.4, -0.2) is 38.6 Å². The summed E-state index contributed by atoms with van der Waals surface area (Å²) in [6.45, 7) is 4.37. The van der Waals surface area contributed by atoms with Crippen molar-refractivity contribution in [3.8, 4) is 11.4 Å². The molecule has 148 valence electrons. The van der Waals surface area contributed by atoms with Crippen molar-refractivity contribution in [2.75, 3.05) is 5.75 Å². The molecule has 1 aromatic heterocycles. The van der Waals surface area contributed by atoms with Crippen LogP contribution in [0.1, 0.15) is 25.7 Å². The topological polar surface area (TPSA) is 71.8 Å². The van der Waals surface area contributed by atoms with Gasteiger partial charge in [0.15, 0.2) is 11.0 Å². The van der Waals surface area contributed by atoms with E-state index in [4.69, 9.17) is 0 Å². The summed E-state index contributed by atoms with van der Waals surface area (Å²) >= 11 is 1.54. The second-order valence-electron chi connectivity index (χ2n) is 7.25. The largest absolute Gasteiger partial charge is 0.340 e. The third-order valence-electron chi connectivity index (χ3n) is 5.34. The number of rotatable bonds is 6. The molecule has 8 heteroatoms. The number of nitrogens with zero attached hydrogens (tertiary/aromatic N) is 3. The summed E-state index contributed by atoms with van der Waals surface area (Å²) in [6.07, 6.45) is 6.04. The second kappa shape index (κ2) is 8.45. The Kier molecular flexibility index (Phi) is 5.77. The number of hydrogen-bond donors (Lipinski definition) is 2. The van der Waals surface area contributed by atoms with Crippen LogP contribution in [0.5, 0.6) is 0 Å². The predicted octanol–water partition coefficient (Wildman–Crippen LogP) is 2.97. The summed E-state index contributed by atoms with van der Waals surface area (Å²) in [7, 11) is 0. The second-order valence-corrected chi connectivity index (χ2v) is 8.24. The van der Waals surface area contributed by atoms with Gasteiger partial charge < -0.3 is 5.32 Å². The van der Waals surface area contributed by atoms with E-state index >= 15 is 0 Å². The van der Waals surface area contributed by atoms with E-state index in [9.17, 15) is 9.18 Å². The van der Waals surface area contributed by atoms with Crippen LogP contribution in [-0.2, 0) is 11.3 Å². The number of thioether (sulfide) groups is 1. The summed E-state index contributed by atoms with van der Waals surface area (Å²) in [5.74, 6) is 1.31. The molecule has 1 aliphatic carbocycles. The van der Waals surface area contributed by atoms with Crippen LogP contribution >= 0.6 is 11.8 Å². The average molecular weight is 402 g/mol. The third-order valence-corrected chi connectivity index (χ3v) is 6.40. The molecule has 0 bridgehead atoms. The first-order chi connectivity index (χ1) is 13.7. The van der Waals surface area contributed by atoms with E-state index in [1.54, 1.807) is 30.0 Å². The van der Waals surface area contributed by atoms with Gasteiger partial charge in [-0.05, 0) is 37.1 Å². The molecule has 1 saturated heterocycles. The zero-order valence-electron chi connectivity index (χ0n) is 15.6. The van der Waals surface area contributed by atoms with Crippen molar-refractivity contribution in [2.24, 2.45) is 5.92 Å². The van der Waals surface area contributed by atoms with E-state index in [0.29, 0.717) is 18.1 Å². The standard InChI is InChI=1S/C20H24FN5OS/c1-2-11-26-18(13-7-9-14(21)10-8-13)24-25-20(26)28-12-17-22-16-6-4-3-5-15(16)19(27)23-17/h2,7-10,15-17,22H,1,3-6,11-12H2,(H,23,27). The molecule has 2 N–H and O–H groups in total. The molecule has 3 atom stereocenters. The Bertz CT molecular complexity index is 853. The number of nitrogens with one attached hydrogen (secondary N) is 2. The molecule has 0 spiro atoms. The molecule has 3 unspecified atom stereocenters. The van der Waals surface area contributed by atoms with Crippen LogP contribution in [0.3, 0.4) is 0 Å². The summed E-state index contributed by atoms with van der Waals surface area (Å²) in [4.78, 5) is 12.4. The molecule has 1 saturated carbocycles. The van der Waals surface area contributed by atoms with Crippen molar-refractivity contribution >= 4 is 17.7 Å². The van der Waals surface area contributed by atoms with Crippen molar-refractivity contribution in [2.45, 2.75) is 49.6 Å². The van der Waals surface area contributed by atoms with E-state index in [1.807, 2.05) is 4.57 Å². The zero-order chi connectivity index (χ0) is 19.5. The normalized spacial score (nSPS) is 24.5. The van der Waals surface area contributed by atoms with Gasteiger partial charge >= 0.3 is 0 Å². The minimum atomic E-state index is -0.284. The first-order valence-corrected chi connectivity index (χ1v) is 10.6. The number of allylic oxidation sites excluding steroid dienone is 1. The Morgan fingerprint density at radius 3 is 2.82 bits per heavy atom. The van der Waals surface area contributed by atoms with Crippen molar-refractivity contribution in [3.05, 3.63) is 42.7 Å². The number of benzene rings is 1. The Balaban J connectivity index is 1.46. The number of amides is 1. The van der Waals surface area contributed by atoms with Gasteiger partial charge in [-0.1, -0.05) is 30.7 Å². The molecule has 1 aliphatic heterocycles. The van der Waals surface area contributed by atoms with E-state index in [-0.39, 0.29) is 29.8 Å². The fourth-order valence-electron chi connectivity index (χ4n) is 3.97. The van der Waals surface area contributed by atoms with E-state index < -0.39 is 0 Å². The SMILES string of the molecule is C=CCn1c(SCC2NC(=O)C3CCCCC3N2)nnc1-c1ccc(F)cc1. The highest BCUT2D eigenvalue weighted by Crippen LogP contribution is 2.29. The van der Waals surface area contributed by atoms with Crippen LogP contribution in [0.15, 0.2) is 42.1 Å². The minimum Gasteiger partial charge on any atom is -0.340 e. The number of carbonyl (C=O) groups excluding carboxylic acids is 1. The fourth-order valence-corrected chi connectivity index (χ4v) is 4.88. The Hall–Kier alpha value is -2.19. The summed E-state index contributed by atoms with van der Waals surface area (Å²) in [5.41, 5.74) is 0.803. The van der Waals surface area contributed by atoms with Gasteiger partial charge in [0.2, 0.25) is 5.91 Å². The summed E-state index contributed by atoms with van der Waals surface area (Å²) in [6, 6.07) is 6.49. The van der Waals surface area contributed by atoms with E-state index in [0.717, 1.165) is 30.0 Å². The van der Waals surface area contributed by atoms with Crippen molar-refractivity contribution in [1.29, 1.82) is 0 Å². The smallest absolute Gasteiger partial charge is 0.225 e. The molecular weight excluding hydrogens is 377 g/mol. The van der Waals surface area contributed by atoms with Crippen molar-refractivity contribution < 1.29 is 9.18 Å². The molecule has 2 fully saturated rings. The zero-order valence-corrected chi connectivity index (χ0v) is 16.4.